The Labute approximate surface area is 395 Å². The van der Waals surface area contributed by atoms with E-state index in [2.05, 4.69) is 27.7 Å². The molecule has 0 radical (unpaired) electrons. The Morgan fingerprint density at radius 1 is 0.485 bits per heavy atom. The minimum Gasteiger partial charge on any atom is -0.390 e. The molecule has 0 amide bonds. The summed E-state index contributed by atoms with van der Waals surface area (Å²) in [5.41, 5.74) is 1.73. The fourth-order valence-electron chi connectivity index (χ4n) is 9.88. The van der Waals surface area contributed by atoms with Crippen LogP contribution in [0.15, 0.2) is 47.6 Å². The van der Waals surface area contributed by atoms with Gasteiger partial charge in [0.1, 0.15) is 61.0 Å². The number of hydrogen-bond acceptors (Lipinski definition) is 16. The maximum absolute atomic E-state index is 11.1. The first-order chi connectivity index (χ1) is 31.7. The molecule has 66 heavy (non-hydrogen) atoms. The molecule has 0 aromatic rings. The van der Waals surface area contributed by atoms with Crippen molar-refractivity contribution in [2.45, 2.75) is 178 Å². The molecule has 4 rings (SSSR count). The second kappa shape index (κ2) is 27.6. The van der Waals surface area contributed by atoms with Crippen molar-refractivity contribution in [2.75, 3.05) is 70.1 Å². The molecule has 0 aromatic carbocycles. The molecule has 0 spiro atoms. The predicted octanol–water partition coefficient (Wildman–Crippen LogP) is 5.22. The number of allylic oxidation sites excluding steroid dienone is 4. The van der Waals surface area contributed by atoms with Gasteiger partial charge in [-0.05, 0) is 37.8 Å². The first kappa shape index (κ1) is 56.9. The average molecular weight is 943 g/mol. The lowest BCUT2D eigenvalue weighted by Crippen LogP contribution is -2.61. The fourth-order valence-corrected chi connectivity index (χ4v) is 9.88. The number of rotatable bonds is 29. The molecule has 0 bridgehead atoms. The summed E-state index contributed by atoms with van der Waals surface area (Å²) in [6.07, 6.45) is 5.65. The van der Waals surface area contributed by atoms with Crippen LogP contribution in [0.5, 0.6) is 0 Å². The van der Waals surface area contributed by atoms with Gasteiger partial charge in [-0.15, -0.1) is 0 Å². The Morgan fingerprint density at radius 2 is 0.879 bits per heavy atom. The van der Waals surface area contributed by atoms with Crippen molar-refractivity contribution in [2.24, 2.45) is 23.7 Å². The Bertz CT molecular complexity index is 1520. The highest BCUT2D eigenvalue weighted by molar-refractivity contribution is 5.21. The fraction of sp³-hybridized carbons (Fsp3) is 0.840. The van der Waals surface area contributed by atoms with Gasteiger partial charge in [0.05, 0.1) is 49.8 Å². The highest BCUT2D eigenvalue weighted by Gasteiger charge is 2.53. The maximum atomic E-state index is 11.1. The molecule has 4 aliphatic rings. The normalized spacial score (nSPS) is 36.8. The van der Waals surface area contributed by atoms with Crippen LogP contribution in [-0.4, -0.2) is 191 Å². The number of aliphatic hydroxyl groups excluding tert-OH is 2. The van der Waals surface area contributed by atoms with Crippen molar-refractivity contribution in [1.29, 1.82) is 0 Å². The van der Waals surface area contributed by atoms with E-state index in [-0.39, 0.29) is 73.5 Å². The molecule has 4 aliphatic heterocycles. The molecule has 0 saturated carbocycles. The average Bonchev–Trinajstić information content (AvgIpc) is 4.27. The van der Waals surface area contributed by atoms with E-state index in [9.17, 15) is 10.2 Å². The SMILES string of the molecule is CC[C@H](OC)[C@@H](C)[C@@H]1O[C@H]1[C@H](O)[C@@H](C)/C=C/C=C(\C)[C@H]1O[C@H](OC)[C@H](OC)[C@@H](OC)[C@H]1OCCO[C@H]1O[C@H](/C(C)=C/C=C/[C@H](C)[C@@H](O)[C@@H]2O[C@H]2[C@H](C)[C@H](CC)OC)[C@@H](OC)[C@H](OC)[C@@H]1OC. The van der Waals surface area contributed by atoms with E-state index in [1.165, 1.54) is 0 Å². The molecule has 382 valence electrons. The smallest absolute Gasteiger partial charge is 0.187 e. The number of methoxy groups -OCH3 is 8. The summed E-state index contributed by atoms with van der Waals surface area (Å²) in [6, 6.07) is 0. The van der Waals surface area contributed by atoms with Crippen LogP contribution in [0.2, 0.25) is 0 Å². The second-order valence-electron chi connectivity index (χ2n) is 18.3. The molecule has 16 nitrogen and oxygen atoms in total. The third-order valence-corrected chi connectivity index (χ3v) is 14.2. The largest absolute Gasteiger partial charge is 0.390 e. The van der Waals surface area contributed by atoms with Crippen LogP contribution < -0.4 is 0 Å². The summed E-state index contributed by atoms with van der Waals surface area (Å²) < 4.78 is 84.5. The molecule has 4 heterocycles. The Kier molecular flexibility index (Phi) is 23.8. The van der Waals surface area contributed by atoms with Crippen LogP contribution in [0.25, 0.3) is 0 Å². The maximum Gasteiger partial charge on any atom is 0.187 e. The second-order valence-corrected chi connectivity index (χ2v) is 18.3. The van der Waals surface area contributed by atoms with Gasteiger partial charge < -0.3 is 76.5 Å². The standard InChI is InChI=1S/C50H86O16/c1-17-33(53-9)31(7)39-41(63-39)35(51)27(3)21-19-23-29(5)37-43(55-11)44(56-12)48(59-15)50(66-37)62-26-25-61-46-38(65-49(60-16)47(58-14)45(46)57-13)30(6)24-20-22-28(4)36(52)42-40(64-42)32(8)34(18-2)54-10/h19-24,27-28,31-52H,17-18,25-26H2,1-16H3/b21-19+,22-20+,29-23+,30-24+/t27-,28-,31+,32+,33-,34-,35+,36+,37+,38+,39-,40-,41-,42-,43+,44-,45-,46-,47+,48-,49-,50-/m0/s1. The zero-order valence-electron chi connectivity index (χ0n) is 42.6. The van der Waals surface area contributed by atoms with Crippen molar-refractivity contribution < 1.29 is 76.5 Å². The monoisotopic (exact) mass is 943 g/mol. The first-order valence-electron chi connectivity index (χ1n) is 23.8. The van der Waals surface area contributed by atoms with Crippen LogP contribution in [0.3, 0.4) is 0 Å². The Balaban J connectivity index is 1.42. The van der Waals surface area contributed by atoms with Gasteiger partial charge in [-0.3, -0.25) is 0 Å². The summed E-state index contributed by atoms with van der Waals surface area (Å²) in [7, 11) is 13.0. The van der Waals surface area contributed by atoms with Crippen molar-refractivity contribution >= 4 is 0 Å². The zero-order valence-corrected chi connectivity index (χ0v) is 42.6. The minimum absolute atomic E-state index is 0.0341. The predicted molar refractivity (Wildman–Crippen MR) is 248 cm³/mol. The lowest BCUT2D eigenvalue weighted by atomic mass is 9.91. The zero-order chi connectivity index (χ0) is 48.8. The number of epoxide rings is 2. The van der Waals surface area contributed by atoms with Gasteiger partial charge in [0.15, 0.2) is 12.6 Å². The van der Waals surface area contributed by atoms with Gasteiger partial charge in [-0.1, -0.05) is 78.0 Å². The molecule has 4 saturated heterocycles. The van der Waals surface area contributed by atoms with Crippen molar-refractivity contribution in [3.8, 4) is 0 Å². The molecule has 0 unspecified atom stereocenters. The van der Waals surface area contributed by atoms with Crippen LogP contribution in [0, 0.1) is 23.7 Å². The van der Waals surface area contributed by atoms with Gasteiger partial charge in [0, 0.05) is 80.6 Å². The number of hydrogen-bond donors (Lipinski definition) is 2. The van der Waals surface area contributed by atoms with Crippen LogP contribution in [-0.2, 0) is 66.3 Å². The minimum atomic E-state index is -0.837. The molecule has 0 aromatic heterocycles. The van der Waals surface area contributed by atoms with E-state index in [1.54, 1.807) is 56.9 Å². The van der Waals surface area contributed by atoms with Crippen molar-refractivity contribution in [3.05, 3.63) is 47.6 Å². The van der Waals surface area contributed by atoms with E-state index < -0.39 is 73.6 Å². The van der Waals surface area contributed by atoms with Crippen LogP contribution >= 0.6 is 0 Å². The summed E-state index contributed by atoms with van der Waals surface area (Å²) in [6.45, 7) is 16.5. The van der Waals surface area contributed by atoms with Gasteiger partial charge in [-0.2, -0.15) is 0 Å². The molecule has 22 atom stereocenters. The van der Waals surface area contributed by atoms with Gasteiger partial charge in [0.2, 0.25) is 0 Å². The Morgan fingerprint density at radius 3 is 1.29 bits per heavy atom. The first-order valence-corrected chi connectivity index (χ1v) is 23.8. The molecule has 16 heteroatoms. The van der Waals surface area contributed by atoms with Crippen molar-refractivity contribution in [1.82, 2.24) is 0 Å². The molecular weight excluding hydrogens is 857 g/mol. The quantitative estimate of drug-likeness (QED) is 0.0567. The lowest BCUT2D eigenvalue weighted by Gasteiger charge is -2.46. The molecule has 2 N–H and O–H groups in total. The number of aliphatic hydroxyl groups is 2. The van der Waals surface area contributed by atoms with Gasteiger partial charge in [-0.25, -0.2) is 0 Å². The van der Waals surface area contributed by atoms with E-state index in [0.29, 0.717) is 0 Å². The third kappa shape index (κ3) is 14.0. The molecule has 0 aliphatic carbocycles. The van der Waals surface area contributed by atoms with Gasteiger partial charge in [0.25, 0.3) is 0 Å². The summed E-state index contributed by atoms with van der Waals surface area (Å²) in [5, 5.41) is 22.2. The summed E-state index contributed by atoms with van der Waals surface area (Å²) in [4.78, 5) is 0. The van der Waals surface area contributed by atoms with E-state index in [0.717, 1.165) is 24.0 Å². The summed E-state index contributed by atoms with van der Waals surface area (Å²) >= 11 is 0. The topological polar surface area (TPSA) is 176 Å². The van der Waals surface area contributed by atoms with E-state index in [4.69, 9.17) is 66.3 Å². The number of ether oxygens (including phenoxy) is 14. The molecular formula is C50H86O16. The lowest BCUT2D eigenvalue weighted by molar-refractivity contribution is -0.311. The molecule has 4 fully saturated rings. The highest BCUT2D eigenvalue weighted by atomic mass is 16.7. The van der Waals surface area contributed by atoms with Crippen LogP contribution in [0.4, 0.5) is 0 Å². The van der Waals surface area contributed by atoms with Crippen LogP contribution in [0.1, 0.15) is 68.2 Å². The van der Waals surface area contributed by atoms with Gasteiger partial charge >= 0.3 is 0 Å². The van der Waals surface area contributed by atoms with E-state index >= 15 is 0 Å². The van der Waals surface area contributed by atoms with Crippen molar-refractivity contribution in [3.63, 3.8) is 0 Å². The summed E-state index contributed by atoms with van der Waals surface area (Å²) in [5.74, 6) is 0.0393. The highest BCUT2D eigenvalue weighted by Crippen LogP contribution is 2.39. The van der Waals surface area contributed by atoms with E-state index in [1.807, 2.05) is 64.2 Å². The Hall–Kier alpha value is -1.68. The third-order valence-electron chi connectivity index (χ3n) is 14.2.